The maximum Gasteiger partial charge on any atom is 0.404 e. The number of carboxylic acid groups (broad SMARTS) is 1. The number of carbonyl (C=O) groups excluding carboxylic acids is 1. The number of hydrogen-bond acceptors (Lipinski definition) is 3. The minimum Gasteiger partial charge on any atom is -0.465 e. The van der Waals surface area contributed by atoms with Gasteiger partial charge in [0.1, 0.15) is 0 Å². The molecule has 25 heavy (non-hydrogen) atoms. The Balaban J connectivity index is 1.95. The van der Waals surface area contributed by atoms with E-state index in [-0.39, 0.29) is 5.78 Å². The van der Waals surface area contributed by atoms with Crippen molar-refractivity contribution in [1.29, 1.82) is 0 Å². The molecule has 0 spiro atoms. The van der Waals surface area contributed by atoms with Crippen molar-refractivity contribution in [3.8, 4) is 11.1 Å². The van der Waals surface area contributed by atoms with Gasteiger partial charge in [0.05, 0.1) is 4.88 Å². The van der Waals surface area contributed by atoms with Crippen LogP contribution in [0.3, 0.4) is 0 Å². The summed E-state index contributed by atoms with van der Waals surface area (Å²) >= 11 is 1.43. The molecule has 0 unspecified atom stereocenters. The van der Waals surface area contributed by atoms with Gasteiger partial charge in [-0.15, -0.1) is 11.3 Å². The molecule has 2 aromatic carbocycles. The summed E-state index contributed by atoms with van der Waals surface area (Å²) in [6.45, 7) is 0.322. The monoisotopic (exact) mass is 351 g/mol. The third-order valence-electron chi connectivity index (χ3n) is 3.76. The van der Waals surface area contributed by atoms with E-state index in [1.165, 1.54) is 11.3 Å². The molecule has 3 rings (SSSR count). The van der Waals surface area contributed by atoms with Crippen LogP contribution in [0, 0.1) is 0 Å². The molecule has 0 aliphatic carbocycles. The first kappa shape index (κ1) is 16.9. The summed E-state index contributed by atoms with van der Waals surface area (Å²) in [6, 6.07) is 20.9. The van der Waals surface area contributed by atoms with Gasteiger partial charge in [-0.25, -0.2) is 4.79 Å². The van der Waals surface area contributed by atoms with Crippen LogP contribution in [0.25, 0.3) is 11.1 Å². The minimum atomic E-state index is -1.04. The standard InChI is InChI=1S/C20H17NO3S/c22-18(15-9-5-2-6-10-15)19-17(14-7-3-1-4-8-14)13-16(25-19)11-12-21-20(23)24/h1-10,13,21H,11-12H2,(H,23,24). The zero-order valence-electron chi connectivity index (χ0n) is 13.4. The predicted octanol–water partition coefficient (Wildman–Crippen LogP) is 4.46. The number of benzene rings is 2. The van der Waals surface area contributed by atoms with Crippen LogP contribution in [0.1, 0.15) is 20.1 Å². The molecule has 4 nitrogen and oxygen atoms in total. The number of carbonyl (C=O) groups is 2. The summed E-state index contributed by atoms with van der Waals surface area (Å²) < 4.78 is 0. The number of amides is 1. The van der Waals surface area contributed by atoms with E-state index in [1.807, 2.05) is 66.7 Å². The van der Waals surface area contributed by atoms with Crippen LogP contribution in [0.5, 0.6) is 0 Å². The maximum atomic E-state index is 12.9. The largest absolute Gasteiger partial charge is 0.465 e. The van der Waals surface area contributed by atoms with Gasteiger partial charge in [-0.1, -0.05) is 60.7 Å². The Morgan fingerprint density at radius 3 is 2.24 bits per heavy atom. The third-order valence-corrected chi connectivity index (χ3v) is 4.95. The number of rotatable bonds is 6. The van der Waals surface area contributed by atoms with Gasteiger partial charge in [0.15, 0.2) is 0 Å². The Labute approximate surface area is 149 Å². The van der Waals surface area contributed by atoms with Crippen molar-refractivity contribution in [2.45, 2.75) is 6.42 Å². The molecule has 1 amide bonds. The Morgan fingerprint density at radius 1 is 0.960 bits per heavy atom. The van der Waals surface area contributed by atoms with E-state index in [1.54, 1.807) is 0 Å². The smallest absolute Gasteiger partial charge is 0.404 e. The normalized spacial score (nSPS) is 10.4. The van der Waals surface area contributed by atoms with Crippen molar-refractivity contribution >= 4 is 23.2 Å². The van der Waals surface area contributed by atoms with Gasteiger partial charge in [-0.3, -0.25) is 4.79 Å². The lowest BCUT2D eigenvalue weighted by Gasteiger charge is -2.03. The van der Waals surface area contributed by atoms with E-state index in [2.05, 4.69) is 5.32 Å². The van der Waals surface area contributed by atoms with E-state index in [9.17, 15) is 9.59 Å². The van der Waals surface area contributed by atoms with Gasteiger partial charge in [0.25, 0.3) is 0 Å². The molecule has 0 fully saturated rings. The Kier molecular flexibility index (Phi) is 5.26. The number of ketones is 1. The van der Waals surface area contributed by atoms with Crippen molar-refractivity contribution in [1.82, 2.24) is 5.32 Å². The molecule has 3 aromatic rings. The van der Waals surface area contributed by atoms with Crippen LogP contribution in [0.15, 0.2) is 66.7 Å². The molecule has 0 aliphatic heterocycles. The van der Waals surface area contributed by atoms with Crippen molar-refractivity contribution < 1.29 is 14.7 Å². The summed E-state index contributed by atoms with van der Waals surface area (Å²) in [6.07, 6.45) is -0.487. The number of thiophene rings is 1. The van der Waals surface area contributed by atoms with Crippen LogP contribution in [-0.4, -0.2) is 23.5 Å². The van der Waals surface area contributed by atoms with Crippen LogP contribution in [-0.2, 0) is 6.42 Å². The molecule has 0 saturated heterocycles. The van der Waals surface area contributed by atoms with E-state index >= 15 is 0 Å². The average Bonchev–Trinajstić information content (AvgIpc) is 3.06. The number of hydrogen-bond donors (Lipinski definition) is 2. The molecule has 1 aromatic heterocycles. The fourth-order valence-corrected chi connectivity index (χ4v) is 3.72. The second-order valence-corrected chi connectivity index (χ2v) is 6.64. The third kappa shape index (κ3) is 4.14. The Hall–Kier alpha value is -2.92. The fourth-order valence-electron chi connectivity index (χ4n) is 2.58. The lowest BCUT2D eigenvalue weighted by molar-refractivity contribution is 0.104. The zero-order chi connectivity index (χ0) is 17.6. The summed E-state index contributed by atoms with van der Waals surface area (Å²) in [4.78, 5) is 25.2. The van der Waals surface area contributed by atoms with Gasteiger partial charge in [0, 0.05) is 22.5 Å². The number of nitrogens with one attached hydrogen (secondary N) is 1. The quantitative estimate of drug-likeness (QED) is 0.645. The van der Waals surface area contributed by atoms with Crippen LogP contribution < -0.4 is 5.32 Å². The minimum absolute atomic E-state index is 0.0121. The van der Waals surface area contributed by atoms with E-state index in [4.69, 9.17) is 5.11 Å². The Bertz CT molecular complexity index is 872. The summed E-state index contributed by atoms with van der Waals surface area (Å²) in [5.41, 5.74) is 2.52. The fraction of sp³-hybridized carbons (Fsp3) is 0.100. The van der Waals surface area contributed by atoms with E-state index in [0.29, 0.717) is 23.4 Å². The van der Waals surface area contributed by atoms with E-state index in [0.717, 1.165) is 16.0 Å². The summed E-state index contributed by atoms with van der Waals surface area (Å²) in [7, 11) is 0. The first-order chi connectivity index (χ1) is 12.1. The van der Waals surface area contributed by atoms with Gasteiger partial charge >= 0.3 is 6.09 Å². The van der Waals surface area contributed by atoms with Crippen molar-refractivity contribution in [3.05, 3.63) is 82.0 Å². The van der Waals surface area contributed by atoms with Gasteiger partial charge in [0.2, 0.25) is 5.78 Å². The van der Waals surface area contributed by atoms with Crippen molar-refractivity contribution in [2.75, 3.05) is 6.54 Å². The molecule has 0 bridgehead atoms. The molecule has 0 aliphatic rings. The summed E-state index contributed by atoms with van der Waals surface area (Å²) in [5.74, 6) is -0.0121. The first-order valence-electron chi connectivity index (χ1n) is 7.90. The van der Waals surface area contributed by atoms with Crippen LogP contribution in [0.2, 0.25) is 0 Å². The van der Waals surface area contributed by atoms with Crippen LogP contribution in [0.4, 0.5) is 4.79 Å². The lowest BCUT2D eigenvalue weighted by atomic mass is 10.0. The average molecular weight is 351 g/mol. The van der Waals surface area contributed by atoms with Gasteiger partial charge in [-0.05, 0) is 18.1 Å². The molecule has 0 saturated carbocycles. The van der Waals surface area contributed by atoms with E-state index < -0.39 is 6.09 Å². The molecule has 1 heterocycles. The highest BCUT2D eigenvalue weighted by Crippen LogP contribution is 2.33. The predicted molar refractivity (Wildman–Crippen MR) is 99.4 cm³/mol. The molecule has 0 atom stereocenters. The van der Waals surface area contributed by atoms with Gasteiger partial charge < -0.3 is 10.4 Å². The second-order valence-electron chi connectivity index (χ2n) is 5.50. The molecule has 126 valence electrons. The summed E-state index contributed by atoms with van der Waals surface area (Å²) in [5, 5.41) is 11.1. The first-order valence-corrected chi connectivity index (χ1v) is 8.71. The topological polar surface area (TPSA) is 66.4 Å². The molecule has 0 radical (unpaired) electrons. The van der Waals surface area contributed by atoms with Gasteiger partial charge in [-0.2, -0.15) is 0 Å². The van der Waals surface area contributed by atoms with Crippen molar-refractivity contribution in [2.24, 2.45) is 0 Å². The Morgan fingerprint density at radius 2 is 1.60 bits per heavy atom. The highest BCUT2D eigenvalue weighted by atomic mass is 32.1. The highest BCUT2D eigenvalue weighted by molar-refractivity contribution is 7.14. The molecular formula is C20H17NO3S. The molecular weight excluding hydrogens is 334 g/mol. The molecule has 2 N–H and O–H groups in total. The van der Waals surface area contributed by atoms with Crippen LogP contribution >= 0.6 is 11.3 Å². The SMILES string of the molecule is O=C(O)NCCc1cc(-c2ccccc2)c(C(=O)c2ccccc2)s1. The second kappa shape index (κ2) is 7.77. The van der Waals surface area contributed by atoms with Crippen molar-refractivity contribution in [3.63, 3.8) is 0 Å². The zero-order valence-corrected chi connectivity index (χ0v) is 14.3. The lowest BCUT2D eigenvalue weighted by Crippen LogP contribution is -2.22. The maximum absolute atomic E-state index is 12.9. The molecule has 5 heteroatoms. The highest BCUT2D eigenvalue weighted by Gasteiger charge is 2.19.